The zero-order valence-corrected chi connectivity index (χ0v) is 21.5. The average molecular weight is 505 g/mol. The van der Waals surface area contributed by atoms with Crippen molar-refractivity contribution in [1.82, 2.24) is 9.21 Å². The minimum atomic E-state index is -3.57. The van der Waals surface area contributed by atoms with Crippen LogP contribution in [0.2, 0.25) is 0 Å². The molecule has 3 rings (SSSR count). The molecule has 1 saturated carbocycles. The molecule has 0 saturated heterocycles. The molecule has 0 radical (unpaired) electrons. The van der Waals surface area contributed by atoms with E-state index in [1.807, 2.05) is 18.0 Å². The van der Waals surface area contributed by atoms with Gasteiger partial charge in [0.05, 0.1) is 16.2 Å². The first-order chi connectivity index (χ1) is 16.2. The molecule has 0 N–H and O–H groups in total. The van der Waals surface area contributed by atoms with Crippen LogP contribution >= 0.6 is 11.8 Å². The normalized spacial score (nSPS) is 14.7. The van der Waals surface area contributed by atoms with Gasteiger partial charge in [-0.15, -0.1) is 11.8 Å². The Hall–Kier alpha value is -2.36. The maximum atomic E-state index is 12.8. The molecular weight excluding hydrogens is 472 g/mol. The van der Waals surface area contributed by atoms with Crippen molar-refractivity contribution in [3.05, 3.63) is 59.7 Å². The first kappa shape index (κ1) is 26.2. The van der Waals surface area contributed by atoms with Gasteiger partial charge in [-0.2, -0.15) is 0 Å². The third kappa shape index (κ3) is 6.61. The lowest BCUT2D eigenvalue weighted by atomic mass is 9.94. The number of nitrogens with zero attached hydrogens (tertiary/aromatic N) is 2. The average Bonchev–Trinajstić information content (AvgIpc) is 2.86. The largest absolute Gasteiger partial charge is 0.457 e. The molecule has 0 unspecified atom stereocenters. The van der Waals surface area contributed by atoms with E-state index < -0.39 is 16.0 Å². The van der Waals surface area contributed by atoms with Crippen LogP contribution in [0.25, 0.3) is 0 Å². The van der Waals surface area contributed by atoms with Gasteiger partial charge in [-0.05, 0) is 42.7 Å². The van der Waals surface area contributed by atoms with E-state index in [-0.39, 0.29) is 23.2 Å². The number of hydrogen-bond donors (Lipinski definition) is 0. The summed E-state index contributed by atoms with van der Waals surface area (Å²) in [5, 5.41) is 0. The van der Waals surface area contributed by atoms with Crippen molar-refractivity contribution in [2.45, 2.75) is 54.5 Å². The van der Waals surface area contributed by atoms with Crippen molar-refractivity contribution in [2.75, 3.05) is 26.9 Å². The van der Waals surface area contributed by atoms with Gasteiger partial charge in [-0.3, -0.25) is 4.79 Å². The Morgan fingerprint density at radius 3 is 2.41 bits per heavy atom. The lowest BCUT2D eigenvalue weighted by Gasteiger charge is -2.31. The number of sulfonamides is 1. The smallest absolute Gasteiger partial charge is 0.339 e. The number of hydrogen-bond acceptors (Lipinski definition) is 6. The van der Waals surface area contributed by atoms with Crippen LogP contribution in [0.3, 0.4) is 0 Å². The van der Waals surface area contributed by atoms with Gasteiger partial charge in [0.1, 0.15) is 6.61 Å². The predicted octanol–water partition coefficient (Wildman–Crippen LogP) is 4.18. The molecule has 2 aromatic carbocycles. The lowest BCUT2D eigenvalue weighted by Crippen LogP contribution is -2.39. The first-order valence-electron chi connectivity index (χ1n) is 11.4. The fourth-order valence-corrected chi connectivity index (χ4v) is 5.84. The molecule has 0 bridgehead atoms. The number of carbonyl (C=O) groups excluding carboxylic acids is 2. The van der Waals surface area contributed by atoms with Crippen LogP contribution in [0.4, 0.5) is 0 Å². The second-order valence-corrected chi connectivity index (χ2v) is 11.8. The fourth-order valence-electron chi connectivity index (χ4n) is 3.91. The number of esters is 1. The van der Waals surface area contributed by atoms with Gasteiger partial charge >= 0.3 is 5.97 Å². The molecule has 1 aliphatic carbocycles. The number of amides is 1. The van der Waals surface area contributed by atoms with Gasteiger partial charge in [0.15, 0.2) is 0 Å². The molecule has 0 spiro atoms. The third-order valence-electron chi connectivity index (χ3n) is 6.02. The van der Waals surface area contributed by atoms with E-state index in [1.165, 1.54) is 44.4 Å². The van der Waals surface area contributed by atoms with E-state index in [1.54, 1.807) is 30.3 Å². The van der Waals surface area contributed by atoms with Crippen LogP contribution < -0.4 is 0 Å². The monoisotopic (exact) mass is 504 g/mol. The Morgan fingerprint density at radius 1 is 1.00 bits per heavy atom. The van der Waals surface area contributed by atoms with Crippen LogP contribution in [-0.4, -0.2) is 62.4 Å². The summed E-state index contributed by atoms with van der Waals surface area (Å²) in [5.74, 6) is -0.210. The summed E-state index contributed by atoms with van der Waals surface area (Å²) in [7, 11) is 1.22. The number of benzene rings is 2. The lowest BCUT2D eigenvalue weighted by molar-refractivity contribution is -0.129. The molecule has 34 heavy (non-hydrogen) atoms. The zero-order chi connectivity index (χ0) is 24.7. The molecule has 184 valence electrons. The molecule has 0 heterocycles. The highest BCUT2D eigenvalue weighted by Gasteiger charge is 2.23. The second kappa shape index (κ2) is 11.9. The minimum absolute atomic E-state index is 0.0546. The zero-order valence-electron chi connectivity index (χ0n) is 19.9. The van der Waals surface area contributed by atoms with Crippen LogP contribution in [-0.2, 0) is 26.2 Å². The highest BCUT2D eigenvalue weighted by molar-refractivity contribution is 8.00. The minimum Gasteiger partial charge on any atom is -0.457 e. The summed E-state index contributed by atoms with van der Waals surface area (Å²) >= 11 is 1.33. The van der Waals surface area contributed by atoms with E-state index in [9.17, 15) is 18.0 Å². The summed E-state index contributed by atoms with van der Waals surface area (Å²) in [6, 6.07) is 13.7. The molecule has 2 aromatic rings. The maximum Gasteiger partial charge on any atom is 0.339 e. The van der Waals surface area contributed by atoms with E-state index in [0.717, 1.165) is 30.0 Å². The molecule has 9 heteroatoms. The van der Waals surface area contributed by atoms with Gasteiger partial charge in [-0.1, -0.05) is 43.5 Å². The number of rotatable bonds is 9. The summed E-state index contributed by atoms with van der Waals surface area (Å²) in [6.45, 7) is -0.0576. The molecule has 1 fully saturated rings. The molecule has 0 aliphatic heterocycles. The number of ether oxygens (including phenoxy) is 1. The van der Waals surface area contributed by atoms with Crippen LogP contribution in [0.15, 0.2) is 58.3 Å². The van der Waals surface area contributed by atoms with Gasteiger partial charge in [-0.25, -0.2) is 17.5 Å². The highest BCUT2D eigenvalue weighted by atomic mass is 32.2. The quantitative estimate of drug-likeness (QED) is 0.376. The summed E-state index contributed by atoms with van der Waals surface area (Å²) in [5.41, 5.74) is 0.961. The van der Waals surface area contributed by atoms with E-state index in [4.69, 9.17) is 4.74 Å². The third-order valence-corrected chi connectivity index (χ3v) is 8.89. The Bertz CT molecular complexity index is 1110. The Labute approximate surface area is 206 Å². The van der Waals surface area contributed by atoms with Crippen molar-refractivity contribution in [3.8, 4) is 0 Å². The SMILES string of the molecule is CN(C(=O)CSc1ccccc1C(=O)OCc1cccc(S(=O)(=O)N(C)C)c1)C1CCCCC1. The van der Waals surface area contributed by atoms with Gasteiger partial charge in [0.25, 0.3) is 0 Å². The summed E-state index contributed by atoms with van der Waals surface area (Å²) in [4.78, 5) is 28.2. The Morgan fingerprint density at radius 2 is 1.71 bits per heavy atom. The molecule has 1 aliphatic rings. The van der Waals surface area contributed by atoms with Crippen molar-refractivity contribution in [2.24, 2.45) is 0 Å². The Kier molecular flexibility index (Phi) is 9.16. The molecule has 7 nitrogen and oxygen atoms in total. The highest BCUT2D eigenvalue weighted by Crippen LogP contribution is 2.26. The molecule has 1 amide bonds. The number of thioether (sulfide) groups is 1. The van der Waals surface area contributed by atoms with Crippen LogP contribution in [0.1, 0.15) is 48.0 Å². The molecular formula is C25H32N2O5S2. The van der Waals surface area contributed by atoms with E-state index in [0.29, 0.717) is 22.1 Å². The number of carbonyl (C=O) groups is 2. The van der Waals surface area contributed by atoms with Crippen molar-refractivity contribution >= 4 is 33.7 Å². The van der Waals surface area contributed by atoms with Gasteiger partial charge in [0.2, 0.25) is 15.9 Å². The molecule has 0 atom stereocenters. The maximum absolute atomic E-state index is 12.8. The first-order valence-corrected chi connectivity index (χ1v) is 13.8. The van der Waals surface area contributed by atoms with E-state index in [2.05, 4.69) is 0 Å². The predicted molar refractivity (Wildman–Crippen MR) is 133 cm³/mol. The fraction of sp³-hybridized carbons (Fsp3) is 0.440. The van der Waals surface area contributed by atoms with Crippen LogP contribution in [0.5, 0.6) is 0 Å². The van der Waals surface area contributed by atoms with Gasteiger partial charge < -0.3 is 9.64 Å². The summed E-state index contributed by atoms with van der Waals surface area (Å²) < 4.78 is 31.3. The van der Waals surface area contributed by atoms with Crippen molar-refractivity contribution < 1.29 is 22.7 Å². The Balaban J connectivity index is 1.62. The van der Waals surface area contributed by atoms with E-state index >= 15 is 0 Å². The van der Waals surface area contributed by atoms with Crippen molar-refractivity contribution in [3.63, 3.8) is 0 Å². The standard InChI is InChI=1S/C25H32N2O5S2/c1-26(2)34(30,31)21-13-9-10-19(16-21)17-32-25(29)22-14-7-8-15-23(22)33-18-24(28)27(3)20-11-5-4-6-12-20/h7-10,13-16,20H,4-6,11-12,17-18H2,1-3H3. The summed E-state index contributed by atoms with van der Waals surface area (Å²) in [6.07, 6.45) is 5.65. The topological polar surface area (TPSA) is 84.0 Å². The van der Waals surface area contributed by atoms with Crippen molar-refractivity contribution in [1.29, 1.82) is 0 Å². The molecule has 0 aromatic heterocycles. The van der Waals surface area contributed by atoms with Crippen LogP contribution in [0, 0.1) is 0 Å². The van der Waals surface area contributed by atoms with Gasteiger partial charge in [0, 0.05) is 32.1 Å². The second-order valence-electron chi connectivity index (χ2n) is 8.59.